The molecule has 2 rings (SSSR count). The van der Waals surface area contributed by atoms with Crippen molar-refractivity contribution in [3.8, 4) is 0 Å². The lowest BCUT2D eigenvalue weighted by Crippen LogP contribution is -2.08. The van der Waals surface area contributed by atoms with Crippen LogP contribution in [0.3, 0.4) is 0 Å². The van der Waals surface area contributed by atoms with Crippen LogP contribution in [0.1, 0.15) is 18.1 Å². The molecule has 0 aliphatic rings. The van der Waals surface area contributed by atoms with E-state index in [9.17, 15) is 19.3 Å². The molecule has 5 nitrogen and oxygen atoms in total. The second kappa shape index (κ2) is 7.31. The van der Waals surface area contributed by atoms with Crippen LogP contribution in [0.4, 0.5) is 15.8 Å². The second-order valence-electron chi connectivity index (χ2n) is 4.84. The summed E-state index contributed by atoms with van der Waals surface area (Å²) in [4.78, 5) is 21.6. The van der Waals surface area contributed by atoms with E-state index in [1.54, 1.807) is 6.08 Å². The summed E-state index contributed by atoms with van der Waals surface area (Å²) >= 11 is 0. The molecule has 0 atom stereocenters. The normalized spacial score (nSPS) is 10.7. The standard InChI is InChI=1S/C17H15FN2O3/c1-2-12-3-5-13(6-4-12)7-10-17(21)19-14-8-9-15(18)16(11-14)20(22)23/h3-11H,2H2,1H3,(H,19,21)/b10-7+. The van der Waals surface area contributed by atoms with Gasteiger partial charge in [-0.1, -0.05) is 31.2 Å². The molecule has 0 aliphatic heterocycles. The maximum atomic E-state index is 13.2. The third-order valence-corrected chi connectivity index (χ3v) is 3.23. The van der Waals surface area contributed by atoms with E-state index >= 15 is 0 Å². The van der Waals surface area contributed by atoms with Crippen molar-refractivity contribution in [1.82, 2.24) is 0 Å². The van der Waals surface area contributed by atoms with Gasteiger partial charge in [0, 0.05) is 17.8 Å². The SMILES string of the molecule is CCc1ccc(/C=C/C(=O)Nc2ccc(F)c([N+](=O)[O-])c2)cc1. The maximum Gasteiger partial charge on any atom is 0.306 e. The minimum Gasteiger partial charge on any atom is -0.322 e. The van der Waals surface area contributed by atoms with Gasteiger partial charge in [0.1, 0.15) is 0 Å². The van der Waals surface area contributed by atoms with Gasteiger partial charge in [-0.25, -0.2) is 0 Å². The molecule has 1 N–H and O–H groups in total. The Labute approximate surface area is 132 Å². The number of benzene rings is 2. The highest BCUT2D eigenvalue weighted by molar-refractivity contribution is 6.02. The first-order valence-electron chi connectivity index (χ1n) is 7.01. The maximum absolute atomic E-state index is 13.2. The van der Waals surface area contributed by atoms with Crippen molar-refractivity contribution < 1.29 is 14.1 Å². The molecule has 0 aliphatic carbocycles. The van der Waals surface area contributed by atoms with E-state index in [4.69, 9.17) is 0 Å². The number of nitro benzene ring substituents is 1. The smallest absolute Gasteiger partial charge is 0.306 e. The van der Waals surface area contributed by atoms with Crippen molar-refractivity contribution >= 4 is 23.4 Å². The molecule has 1 amide bonds. The molecule has 0 spiro atoms. The van der Waals surface area contributed by atoms with Crippen LogP contribution < -0.4 is 5.32 Å². The molecule has 0 aromatic heterocycles. The highest BCUT2D eigenvalue weighted by atomic mass is 19.1. The first-order valence-corrected chi connectivity index (χ1v) is 7.01. The highest BCUT2D eigenvalue weighted by Gasteiger charge is 2.14. The van der Waals surface area contributed by atoms with E-state index in [0.29, 0.717) is 0 Å². The fraction of sp³-hybridized carbons (Fsp3) is 0.118. The van der Waals surface area contributed by atoms with Gasteiger partial charge in [0.2, 0.25) is 11.7 Å². The Hall–Kier alpha value is -3.02. The lowest BCUT2D eigenvalue weighted by molar-refractivity contribution is -0.387. The number of amides is 1. The quantitative estimate of drug-likeness (QED) is 0.516. The Kier molecular flexibility index (Phi) is 5.19. The molecule has 0 saturated heterocycles. The molecule has 0 radical (unpaired) electrons. The number of hydrogen-bond acceptors (Lipinski definition) is 3. The summed E-state index contributed by atoms with van der Waals surface area (Å²) in [6.07, 6.45) is 3.89. The monoisotopic (exact) mass is 314 g/mol. The van der Waals surface area contributed by atoms with E-state index < -0.39 is 22.3 Å². The summed E-state index contributed by atoms with van der Waals surface area (Å²) in [6.45, 7) is 2.06. The number of halogens is 1. The number of anilines is 1. The molecule has 0 saturated carbocycles. The van der Waals surface area contributed by atoms with E-state index in [0.717, 1.165) is 24.1 Å². The third-order valence-electron chi connectivity index (χ3n) is 3.23. The van der Waals surface area contributed by atoms with Gasteiger partial charge in [0.05, 0.1) is 4.92 Å². The zero-order valence-corrected chi connectivity index (χ0v) is 12.5. The van der Waals surface area contributed by atoms with Crippen LogP contribution in [-0.4, -0.2) is 10.8 Å². The van der Waals surface area contributed by atoms with Crippen molar-refractivity contribution in [3.05, 3.63) is 75.6 Å². The van der Waals surface area contributed by atoms with Gasteiger partial charge in [0.15, 0.2) is 0 Å². The number of carbonyl (C=O) groups is 1. The average Bonchev–Trinajstić information content (AvgIpc) is 2.55. The summed E-state index contributed by atoms with van der Waals surface area (Å²) < 4.78 is 13.2. The predicted octanol–water partition coefficient (Wildman–Crippen LogP) is 3.95. The Morgan fingerprint density at radius 1 is 1.26 bits per heavy atom. The van der Waals surface area contributed by atoms with E-state index in [1.165, 1.54) is 17.7 Å². The molecule has 118 valence electrons. The molecular weight excluding hydrogens is 299 g/mol. The molecule has 2 aromatic carbocycles. The van der Waals surface area contributed by atoms with Gasteiger partial charge in [-0.2, -0.15) is 4.39 Å². The molecular formula is C17H15FN2O3. The minimum atomic E-state index is -0.945. The molecule has 23 heavy (non-hydrogen) atoms. The van der Waals surface area contributed by atoms with Gasteiger partial charge in [-0.15, -0.1) is 0 Å². The number of nitrogens with zero attached hydrogens (tertiary/aromatic N) is 1. The molecule has 6 heteroatoms. The number of hydrogen-bond donors (Lipinski definition) is 1. The number of nitrogens with one attached hydrogen (secondary N) is 1. The molecule has 0 fully saturated rings. The van der Waals surface area contributed by atoms with Crippen LogP contribution in [0.5, 0.6) is 0 Å². The number of aryl methyl sites for hydroxylation is 1. The van der Waals surface area contributed by atoms with Crippen LogP contribution in [0, 0.1) is 15.9 Å². The summed E-state index contributed by atoms with van der Waals surface area (Å²) in [5.41, 5.74) is 1.55. The average molecular weight is 314 g/mol. The van der Waals surface area contributed by atoms with Crippen LogP contribution in [-0.2, 0) is 11.2 Å². The summed E-state index contributed by atoms with van der Waals surface area (Å²) in [5.74, 6) is -1.40. The number of rotatable bonds is 5. The van der Waals surface area contributed by atoms with Crippen molar-refractivity contribution in [2.75, 3.05) is 5.32 Å². The van der Waals surface area contributed by atoms with E-state index in [1.807, 2.05) is 24.3 Å². The molecule has 0 unspecified atom stereocenters. The van der Waals surface area contributed by atoms with Gasteiger partial charge in [-0.05, 0) is 35.8 Å². The Morgan fingerprint density at radius 2 is 1.96 bits per heavy atom. The van der Waals surface area contributed by atoms with Crippen LogP contribution in [0.15, 0.2) is 48.5 Å². The first kappa shape index (κ1) is 16.4. The van der Waals surface area contributed by atoms with E-state index in [-0.39, 0.29) is 5.69 Å². The summed E-state index contributed by atoms with van der Waals surface area (Å²) in [5, 5.41) is 13.1. The van der Waals surface area contributed by atoms with Crippen molar-refractivity contribution in [2.45, 2.75) is 13.3 Å². The number of nitro groups is 1. The Balaban J connectivity index is 2.05. The van der Waals surface area contributed by atoms with Crippen molar-refractivity contribution in [2.24, 2.45) is 0 Å². The third kappa shape index (κ3) is 4.47. The largest absolute Gasteiger partial charge is 0.322 e. The minimum absolute atomic E-state index is 0.161. The van der Waals surface area contributed by atoms with Crippen molar-refractivity contribution in [1.29, 1.82) is 0 Å². The molecule has 0 heterocycles. The molecule has 0 bridgehead atoms. The van der Waals surface area contributed by atoms with Crippen LogP contribution in [0.2, 0.25) is 0 Å². The Bertz CT molecular complexity index is 755. The van der Waals surface area contributed by atoms with Gasteiger partial charge in [-0.3, -0.25) is 14.9 Å². The first-order chi connectivity index (χ1) is 11.0. The van der Waals surface area contributed by atoms with E-state index in [2.05, 4.69) is 12.2 Å². The molecule has 2 aromatic rings. The lowest BCUT2D eigenvalue weighted by Gasteiger charge is -2.02. The van der Waals surface area contributed by atoms with Gasteiger partial charge in [0.25, 0.3) is 0 Å². The summed E-state index contributed by atoms with van der Waals surface area (Å²) in [6, 6.07) is 10.9. The zero-order chi connectivity index (χ0) is 16.8. The fourth-order valence-corrected chi connectivity index (χ4v) is 1.95. The van der Waals surface area contributed by atoms with Crippen molar-refractivity contribution in [3.63, 3.8) is 0 Å². The predicted molar refractivity (Wildman–Crippen MR) is 86.5 cm³/mol. The highest BCUT2D eigenvalue weighted by Crippen LogP contribution is 2.21. The van der Waals surface area contributed by atoms with Gasteiger partial charge < -0.3 is 5.32 Å². The Morgan fingerprint density at radius 3 is 2.57 bits per heavy atom. The van der Waals surface area contributed by atoms with Gasteiger partial charge >= 0.3 is 5.69 Å². The fourth-order valence-electron chi connectivity index (χ4n) is 1.95. The number of carbonyl (C=O) groups excluding carboxylic acids is 1. The second-order valence-corrected chi connectivity index (χ2v) is 4.84. The topological polar surface area (TPSA) is 72.2 Å². The zero-order valence-electron chi connectivity index (χ0n) is 12.5. The summed E-state index contributed by atoms with van der Waals surface area (Å²) in [7, 11) is 0. The van der Waals surface area contributed by atoms with Crippen LogP contribution in [0.25, 0.3) is 6.08 Å². The van der Waals surface area contributed by atoms with Crippen LogP contribution >= 0.6 is 0 Å². The lowest BCUT2D eigenvalue weighted by atomic mass is 10.1.